The number of fused-ring (bicyclic) bond motifs is 2. The Bertz CT molecular complexity index is 1300. The normalized spacial score (nSPS) is 12.1. The van der Waals surface area contributed by atoms with E-state index in [1.165, 1.54) is 4.88 Å². The van der Waals surface area contributed by atoms with Gasteiger partial charge in [0.1, 0.15) is 0 Å². The van der Waals surface area contributed by atoms with Gasteiger partial charge in [0, 0.05) is 28.4 Å². The number of thiophene rings is 1. The minimum Gasteiger partial charge on any atom is -0.454 e. The first-order valence-electron chi connectivity index (χ1n) is 10.2. The van der Waals surface area contributed by atoms with Gasteiger partial charge in [-0.25, -0.2) is 0 Å². The van der Waals surface area contributed by atoms with Gasteiger partial charge in [0.05, 0.1) is 18.6 Å². The molecule has 1 aliphatic rings. The van der Waals surface area contributed by atoms with Crippen LogP contribution in [-0.2, 0) is 19.6 Å². The third kappa shape index (κ3) is 4.46. The van der Waals surface area contributed by atoms with Crippen molar-refractivity contribution in [3.63, 3.8) is 0 Å². The monoisotopic (exact) mass is 463 g/mol. The average molecular weight is 464 g/mol. The maximum atomic E-state index is 12.9. The van der Waals surface area contributed by atoms with Crippen molar-refractivity contribution < 1.29 is 9.47 Å². The molecular weight excluding hydrogens is 442 g/mol. The zero-order chi connectivity index (χ0) is 21.9. The van der Waals surface area contributed by atoms with Crippen LogP contribution >= 0.6 is 23.6 Å². The lowest BCUT2D eigenvalue weighted by Gasteiger charge is -2.25. The highest BCUT2D eigenvalue weighted by Gasteiger charge is 2.18. The van der Waals surface area contributed by atoms with Crippen molar-refractivity contribution in [3.05, 3.63) is 92.4 Å². The Labute approximate surface area is 194 Å². The molecule has 3 heterocycles. The number of hydrogen-bond acceptors (Lipinski definition) is 5. The summed E-state index contributed by atoms with van der Waals surface area (Å²) in [5, 5.41) is 6.87. The minimum absolute atomic E-state index is 0.140. The second-order valence-corrected chi connectivity index (χ2v) is 8.92. The van der Waals surface area contributed by atoms with E-state index in [0.29, 0.717) is 41.8 Å². The molecule has 6 nitrogen and oxygen atoms in total. The summed E-state index contributed by atoms with van der Waals surface area (Å²) < 4.78 is 10.9. The second kappa shape index (κ2) is 9.02. The predicted molar refractivity (Wildman–Crippen MR) is 130 cm³/mol. The topological polar surface area (TPSA) is 66.6 Å². The Kier molecular flexibility index (Phi) is 5.79. The van der Waals surface area contributed by atoms with Crippen molar-refractivity contribution in [2.24, 2.45) is 0 Å². The molecule has 0 saturated carbocycles. The molecule has 0 atom stereocenters. The van der Waals surface area contributed by atoms with Gasteiger partial charge in [0.15, 0.2) is 16.6 Å². The highest BCUT2D eigenvalue weighted by Crippen LogP contribution is 2.35. The first-order chi connectivity index (χ1) is 15.7. The van der Waals surface area contributed by atoms with Crippen LogP contribution in [-0.4, -0.2) is 21.8 Å². The van der Waals surface area contributed by atoms with Crippen LogP contribution in [0.5, 0.6) is 11.5 Å². The van der Waals surface area contributed by atoms with Crippen LogP contribution in [0, 0.1) is 0 Å². The number of ether oxygens (including phenoxy) is 2. The Morgan fingerprint density at radius 3 is 2.66 bits per heavy atom. The van der Waals surface area contributed by atoms with Crippen LogP contribution in [0.1, 0.15) is 16.0 Å². The quantitative estimate of drug-likeness (QED) is 0.414. The number of rotatable bonds is 6. The third-order valence-corrected chi connectivity index (χ3v) is 6.54. The smallest absolute Gasteiger partial charge is 0.253 e. The molecule has 0 aliphatic carbocycles. The number of nitrogens with zero attached hydrogens (tertiary/aromatic N) is 1. The largest absolute Gasteiger partial charge is 0.454 e. The zero-order valence-corrected chi connectivity index (χ0v) is 18.8. The molecule has 2 aromatic heterocycles. The van der Waals surface area contributed by atoms with E-state index in [9.17, 15) is 4.79 Å². The lowest BCUT2D eigenvalue weighted by Crippen LogP contribution is -2.39. The zero-order valence-electron chi connectivity index (χ0n) is 17.2. The SMILES string of the molecule is O=c1[nH]c2cc3c(cc2cc1CN(Cc1cccs1)C(=S)NCc1ccccc1)OCO3. The standard InChI is InChI=1S/C24H21N3O3S2/c28-23-18(9-17-10-21-22(30-15-29-21)11-20(17)26-23)13-27(14-19-7-4-8-32-19)24(31)25-12-16-5-2-1-3-6-16/h1-11H,12-15H2,(H,25,31)(H,26,28). The Morgan fingerprint density at radius 1 is 1.06 bits per heavy atom. The van der Waals surface area contributed by atoms with E-state index >= 15 is 0 Å². The van der Waals surface area contributed by atoms with Crippen molar-refractivity contribution in [1.82, 2.24) is 15.2 Å². The summed E-state index contributed by atoms with van der Waals surface area (Å²) in [5.41, 5.74) is 2.36. The summed E-state index contributed by atoms with van der Waals surface area (Å²) in [6.45, 7) is 1.83. The number of benzene rings is 2. The van der Waals surface area contributed by atoms with Gasteiger partial charge in [-0.05, 0) is 41.4 Å². The lowest BCUT2D eigenvalue weighted by atomic mass is 10.1. The van der Waals surface area contributed by atoms with Crippen molar-refractivity contribution in [2.75, 3.05) is 6.79 Å². The molecule has 0 amide bonds. The third-order valence-electron chi connectivity index (χ3n) is 5.28. The number of aromatic amines is 1. The van der Waals surface area contributed by atoms with Crippen LogP contribution in [0.2, 0.25) is 0 Å². The van der Waals surface area contributed by atoms with Crippen molar-refractivity contribution >= 4 is 39.6 Å². The molecule has 0 saturated heterocycles. The summed E-state index contributed by atoms with van der Waals surface area (Å²) in [5.74, 6) is 1.33. The van der Waals surface area contributed by atoms with Crippen molar-refractivity contribution in [1.29, 1.82) is 0 Å². The van der Waals surface area contributed by atoms with Gasteiger partial charge in [-0.2, -0.15) is 0 Å². The van der Waals surface area contributed by atoms with Gasteiger partial charge in [-0.3, -0.25) is 4.79 Å². The predicted octanol–water partition coefficient (Wildman–Crippen LogP) is 4.40. The molecule has 162 valence electrons. The number of nitrogens with one attached hydrogen (secondary N) is 2. The van der Waals surface area contributed by atoms with Gasteiger partial charge in [-0.15, -0.1) is 11.3 Å². The summed E-state index contributed by atoms with van der Waals surface area (Å²) in [4.78, 5) is 19.0. The average Bonchev–Trinajstić information content (AvgIpc) is 3.48. The number of thiocarbonyl (C=S) groups is 1. The van der Waals surface area contributed by atoms with Crippen LogP contribution < -0.4 is 20.3 Å². The van der Waals surface area contributed by atoms with E-state index in [1.807, 2.05) is 46.7 Å². The van der Waals surface area contributed by atoms with Gasteiger partial charge in [0.2, 0.25) is 6.79 Å². The fourth-order valence-electron chi connectivity index (χ4n) is 3.64. The van der Waals surface area contributed by atoms with Gasteiger partial charge in [-0.1, -0.05) is 36.4 Å². The Balaban J connectivity index is 1.40. The lowest BCUT2D eigenvalue weighted by molar-refractivity contribution is 0.174. The van der Waals surface area contributed by atoms with Crippen LogP contribution in [0.15, 0.2) is 70.8 Å². The molecule has 0 bridgehead atoms. The first-order valence-corrected chi connectivity index (χ1v) is 11.5. The maximum Gasteiger partial charge on any atom is 0.253 e. The number of hydrogen-bond donors (Lipinski definition) is 2. The molecule has 0 spiro atoms. The van der Waals surface area contributed by atoms with Crippen LogP contribution in [0.25, 0.3) is 10.9 Å². The molecule has 2 N–H and O–H groups in total. The number of aromatic nitrogens is 1. The highest BCUT2D eigenvalue weighted by atomic mass is 32.1. The first kappa shape index (κ1) is 20.5. The number of pyridine rings is 1. The summed E-state index contributed by atoms with van der Waals surface area (Å²) >= 11 is 7.39. The molecule has 0 radical (unpaired) electrons. The van der Waals surface area contributed by atoms with E-state index in [-0.39, 0.29) is 12.4 Å². The summed E-state index contributed by atoms with van der Waals surface area (Å²) in [6.07, 6.45) is 0. The van der Waals surface area contributed by atoms with Crippen LogP contribution in [0.3, 0.4) is 0 Å². The van der Waals surface area contributed by atoms with Crippen molar-refractivity contribution in [2.45, 2.75) is 19.6 Å². The maximum absolute atomic E-state index is 12.9. The summed E-state index contributed by atoms with van der Waals surface area (Å²) in [7, 11) is 0. The van der Waals surface area contributed by atoms with Gasteiger partial charge >= 0.3 is 0 Å². The van der Waals surface area contributed by atoms with Gasteiger partial charge < -0.3 is 24.7 Å². The van der Waals surface area contributed by atoms with Crippen LogP contribution in [0.4, 0.5) is 0 Å². The molecule has 32 heavy (non-hydrogen) atoms. The molecule has 0 unspecified atom stereocenters. The molecule has 1 aliphatic heterocycles. The van der Waals surface area contributed by atoms with Crippen molar-refractivity contribution in [3.8, 4) is 11.5 Å². The fourth-order valence-corrected chi connectivity index (χ4v) is 4.56. The molecule has 8 heteroatoms. The molecular formula is C24H21N3O3S2. The molecule has 5 rings (SSSR count). The second-order valence-electron chi connectivity index (χ2n) is 7.50. The number of H-pyrrole nitrogens is 1. The fraction of sp³-hybridized carbons (Fsp3) is 0.167. The van der Waals surface area contributed by atoms with E-state index < -0.39 is 0 Å². The Hall–Kier alpha value is -3.36. The van der Waals surface area contributed by atoms with E-state index in [0.717, 1.165) is 16.5 Å². The van der Waals surface area contributed by atoms with E-state index in [4.69, 9.17) is 21.7 Å². The molecule has 0 fully saturated rings. The van der Waals surface area contributed by atoms with E-state index in [1.54, 1.807) is 17.4 Å². The summed E-state index contributed by atoms with van der Waals surface area (Å²) in [6, 6.07) is 19.8. The highest BCUT2D eigenvalue weighted by molar-refractivity contribution is 7.80. The Morgan fingerprint density at radius 2 is 1.88 bits per heavy atom. The minimum atomic E-state index is -0.140. The van der Waals surface area contributed by atoms with Gasteiger partial charge in [0.25, 0.3) is 5.56 Å². The van der Waals surface area contributed by atoms with E-state index in [2.05, 4.69) is 28.5 Å². The molecule has 4 aromatic rings. The molecule has 2 aromatic carbocycles.